The first-order valence-electron chi connectivity index (χ1n) is 9.77. The van der Waals surface area contributed by atoms with Crippen LogP contribution in [0.2, 0.25) is 0 Å². The Labute approximate surface area is 144 Å². The molecule has 0 amide bonds. The standard InChI is InChI=1S/C22H37O/c1-2-3-4-5-6-7-8-9-10-11-12-13-14-15-16-17-18-19-20-21-22-23/h16-21H,2-15H2,1H3. The topological polar surface area (TPSA) is 17.1 Å². The first-order valence-corrected chi connectivity index (χ1v) is 9.77. The molecule has 131 valence electrons. The van der Waals surface area contributed by atoms with Crippen LogP contribution in [0.4, 0.5) is 0 Å². The highest BCUT2D eigenvalue weighted by atomic mass is 16.1. The molecule has 0 bridgehead atoms. The lowest BCUT2D eigenvalue weighted by molar-refractivity contribution is 0.540. The molecule has 0 aromatic carbocycles. The molecule has 1 heteroatoms. The van der Waals surface area contributed by atoms with Gasteiger partial charge in [0.25, 0.3) is 0 Å². The van der Waals surface area contributed by atoms with E-state index in [-0.39, 0.29) is 0 Å². The Bertz CT molecular complexity index is 312. The van der Waals surface area contributed by atoms with E-state index in [1.807, 2.05) is 12.2 Å². The summed E-state index contributed by atoms with van der Waals surface area (Å²) in [6.07, 6.45) is 32.3. The molecular formula is C22H37O. The van der Waals surface area contributed by atoms with Crippen molar-refractivity contribution in [2.24, 2.45) is 0 Å². The molecule has 0 aliphatic carbocycles. The number of carbonyl (C=O) groups excluding carboxylic acids is 1. The van der Waals surface area contributed by atoms with Crippen molar-refractivity contribution in [3.8, 4) is 0 Å². The molecular weight excluding hydrogens is 280 g/mol. The van der Waals surface area contributed by atoms with Crippen LogP contribution in [0.5, 0.6) is 0 Å². The van der Waals surface area contributed by atoms with Crippen LogP contribution in [-0.4, -0.2) is 6.29 Å². The van der Waals surface area contributed by atoms with Crippen LogP contribution in [-0.2, 0) is 4.79 Å². The van der Waals surface area contributed by atoms with Gasteiger partial charge in [-0.3, -0.25) is 4.79 Å². The molecule has 0 aliphatic heterocycles. The molecule has 0 heterocycles. The largest absolute Gasteiger partial charge is 0.286 e. The van der Waals surface area contributed by atoms with Crippen molar-refractivity contribution < 1.29 is 4.79 Å². The summed E-state index contributed by atoms with van der Waals surface area (Å²) in [7, 11) is 0. The fraction of sp³-hybridized carbons (Fsp3) is 0.682. The molecule has 0 spiro atoms. The van der Waals surface area contributed by atoms with Crippen molar-refractivity contribution in [3.05, 3.63) is 36.5 Å². The maximum Gasteiger partial charge on any atom is 0.225 e. The molecule has 23 heavy (non-hydrogen) atoms. The highest BCUT2D eigenvalue weighted by molar-refractivity contribution is 5.66. The molecule has 0 saturated heterocycles. The summed E-state index contributed by atoms with van der Waals surface area (Å²) in [6.45, 7) is 2.28. The lowest BCUT2D eigenvalue weighted by atomic mass is 10.0. The molecule has 0 fully saturated rings. The Balaban J connectivity index is 3.13. The Morgan fingerprint density at radius 2 is 1.09 bits per heavy atom. The highest BCUT2D eigenvalue weighted by Crippen LogP contribution is 2.12. The summed E-state index contributed by atoms with van der Waals surface area (Å²) in [5.74, 6) is 0. The minimum Gasteiger partial charge on any atom is -0.286 e. The lowest BCUT2D eigenvalue weighted by Gasteiger charge is -2.02. The zero-order chi connectivity index (χ0) is 16.8. The zero-order valence-corrected chi connectivity index (χ0v) is 15.3. The molecule has 0 aliphatic rings. The zero-order valence-electron chi connectivity index (χ0n) is 15.3. The molecule has 1 nitrogen and oxygen atoms in total. The first kappa shape index (κ1) is 21.9. The maximum absolute atomic E-state index is 9.92. The summed E-state index contributed by atoms with van der Waals surface area (Å²) >= 11 is 0. The fourth-order valence-corrected chi connectivity index (χ4v) is 2.68. The van der Waals surface area contributed by atoms with Crippen LogP contribution in [0.25, 0.3) is 0 Å². The predicted molar refractivity (Wildman–Crippen MR) is 103 cm³/mol. The lowest BCUT2D eigenvalue weighted by Crippen LogP contribution is -1.82. The van der Waals surface area contributed by atoms with Gasteiger partial charge in [0, 0.05) is 0 Å². The SMILES string of the molecule is CCCCCCCCCCCCCCCC=CC=CC=C[C]=O. The quantitative estimate of drug-likeness (QED) is 0.157. The Kier molecular flexibility index (Phi) is 19.9. The van der Waals surface area contributed by atoms with E-state index in [2.05, 4.69) is 19.1 Å². The molecule has 0 N–H and O–H groups in total. The van der Waals surface area contributed by atoms with Gasteiger partial charge in [0.1, 0.15) is 0 Å². The van der Waals surface area contributed by atoms with E-state index in [4.69, 9.17) is 0 Å². The van der Waals surface area contributed by atoms with E-state index in [1.54, 1.807) is 12.4 Å². The van der Waals surface area contributed by atoms with Gasteiger partial charge in [0.15, 0.2) is 0 Å². The average Bonchev–Trinajstić information content (AvgIpc) is 2.57. The second kappa shape index (κ2) is 20.9. The van der Waals surface area contributed by atoms with E-state index in [0.29, 0.717) is 0 Å². The maximum atomic E-state index is 9.92. The summed E-state index contributed by atoms with van der Waals surface area (Å²) in [5, 5.41) is 0. The van der Waals surface area contributed by atoms with Gasteiger partial charge in [-0.05, 0) is 18.9 Å². The van der Waals surface area contributed by atoms with Crippen LogP contribution in [0, 0.1) is 0 Å². The Morgan fingerprint density at radius 3 is 1.61 bits per heavy atom. The summed E-state index contributed by atoms with van der Waals surface area (Å²) in [5.41, 5.74) is 0. The van der Waals surface area contributed by atoms with E-state index in [1.165, 1.54) is 89.5 Å². The number of hydrogen-bond donors (Lipinski definition) is 0. The van der Waals surface area contributed by atoms with Gasteiger partial charge >= 0.3 is 0 Å². The van der Waals surface area contributed by atoms with Gasteiger partial charge in [-0.2, -0.15) is 0 Å². The van der Waals surface area contributed by atoms with Gasteiger partial charge in [0.2, 0.25) is 6.29 Å². The fourth-order valence-electron chi connectivity index (χ4n) is 2.68. The van der Waals surface area contributed by atoms with Crippen molar-refractivity contribution >= 4 is 6.29 Å². The minimum atomic E-state index is 1.16. The van der Waals surface area contributed by atoms with E-state index >= 15 is 0 Å². The van der Waals surface area contributed by atoms with Crippen molar-refractivity contribution in [1.82, 2.24) is 0 Å². The molecule has 1 radical (unpaired) electrons. The smallest absolute Gasteiger partial charge is 0.225 e. The summed E-state index contributed by atoms with van der Waals surface area (Å²) < 4.78 is 0. The van der Waals surface area contributed by atoms with Gasteiger partial charge in [0.05, 0.1) is 0 Å². The molecule has 0 aromatic heterocycles. The van der Waals surface area contributed by atoms with Crippen LogP contribution in [0.15, 0.2) is 36.5 Å². The number of rotatable bonds is 17. The number of hydrogen-bond acceptors (Lipinski definition) is 1. The number of allylic oxidation sites excluding steroid dienone is 6. The van der Waals surface area contributed by atoms with Crippen molar-refractivity contribution in [2.45, 2.75) is 96.8 Å². The monoisotopic (exact) mass is 317 g/mol. The van der Waals surface area contributed by atoms with E-state index in [9.17, 15) is 4.79 Å². The van der Waals surface area contributed by atoms with Crippen LogP contribution >= 0.6 is 0 Å². The summed E-state index contributed by atoms with van der Waals surface area (Å²) in [4.78, 5) is 9.92. The van der Waals surface area contributed by atoms with Gasteiger partial charge in [-0.15, -0.1) is 0 Å². The van der Waals surface area contributed by atoms with Gasteiger partial charge < -0.3 is 0 Å². The average molecular weight is 318 g/mol. The highest BCUT2D eigenvalue weighted by Gasteiger charge is 1.93. The second-order valence-electron chi connectivity index (χ2n) is 6.32. The molecule has 0 atom stereocenters. The first-order chi connectivity index (χ1) is 11.4. The third-order valence-electron chi connectivity index (χ3n) is 4.11. The molecule has 0 unspecified atom stereocenters. The van der Waals surface area contributed by atoms with E-state index in [0.717, 1.165) is 6.42 Å². The molecule has 0 rings (SSSR count). The van der Waals surface area contributed by atoms with E-state index < -0.39 is 0 Å². The molecule has 0 saturated carbocycles. The number of unbranched alkanes of at least 4 members (excludes halogenated alkanes) is 13. The van der Waals surface area contributed by atoms with Crippen molar-refractivity contribution in [3.63, 3.8) is 0 Å². The Hall–Kier alpha value is -1.11. The van der Waals surface area contributed by atoms with Crippen molar-refractivity contribution in [1.29, 1.82) is 0 Å². The minimum absolute atomic E-state index is 1.16. The van der Waals surface area contributed by atoms with Gasteiger partial charge in [-0.25, -0.2) is 0 Å². The normalized spacial score (nSPS) is 12.0. The molecule has 0 aromatic rings. The third kappa shape index (κ3) is 20.9. The van der Waals surface area contributed by atoms with Crippen LogP contribution in [0.3, 0.4) is 0 Å². The Morgan fingerprint density at radius 1 is 0.609 bits per heavy atom. The van der Waals surface area contributed by atoms with Gasteiger partial charge in [-0.1, -0.05) is 114 Å². The van der Waals surface area contributed by atoms with Crippen LogP contribution < -0.4 is 0 Å². The van der Waals surface area contributed by atoms with Crippen LogP contribution in [0.1, 0.15) is 96.8 Å². The summed E-state index contributed by atoms with van der Waals surface area (Å²) in [6, 6.07) is 0. The van der Waals surface area contributed by atoms with Crippen molar-refractivity contribution in [2.75, 3.05) is 0 Å². The predicted octanol–water partition coefficient (Wildman–Crippen LogP) is 7.25. The third-order valence-corrected chi connectivity index (χ3v) is 4.11. The second-order valence-corrected chi connectivity index (χ2v) is 6.32.